The number of hydrogen-bond acceptors (Lipinski definition) is 4. The van der Waals surface area contributed by atoms with Gasteiger partial charge in [-0.1, -0.05) is 164 Å². The van der Waals surface area contributed by atoms with Crippen LogP contribution in [0.1, 0.15) is 40.4 Å². The maximum absolute atomic E-state index is 6.36. The van der Waals surface area contributed by atoms with Gasteiger partial charge < -0.3 is 4.42 Å². The van der Waals surface area contributed by atoms with Crippen LogP contribution in [0.25, 0.3) is 90.3 Å². The second kappa shape index (κ2) is 12.7. The molecule has 8 aromatic rings. The number of aryl methyl sites for hydroxylation is 1. The van der Waals surface area contributed by atoms with Gasteiger partial charge in [0.25, 0.3) is 0 Å². The molecule has 5 aromatic carbocycles. The maximum Gasteiger partial charge on any atom is 0.228 e. The Morgan fingerprint density at radius 1 is 0.579 bits per heavy atom. The number of aromatic nitrogens is 3. The average Bonchev–Trinajstić information content (AvgIpc) is 3.67. The topological polar surface area (TPSA) is 51.8 Å². The Labute approximate surface area is 330 Å². The van der Waals surface area contributed by atoms with Crippen LogP contribution in [0.5, 0.6) is 0 Å². The van der Waals surface area contributed by atoms with E-state index in [2.05, 4.69) is 152 Å². The van der Waals surface area contributed by atoms with Crippen LogP contribution in [0, 0.1) is 0 Å². The molecule has 268 valence electrons. The lowest BCUT2D eigenvalue weighted by molar-refractivity contribution is 0.537. The third kappa shape index (κ3) is 5.18. The highest BCUT2D eigenvalue weighted by Gasteiger charge is 2.31. The zero-order valence-corrected chi connectivity index (χ0v) is 31.1. The Morgan fingerprint density at radius 2 is 1.32 bits per heavy atom. The van der Waals surface area contributed by atoms with Gasteiger partial charge in [0, 0.05) is 45.5 Å². The molecular weight excluding hydrogens is 695 g/mol. The third-order valence-electron chi connectivity index (χ3n) is 12.1. The minimum atomic E-state index is 0.334. The van der Waals surface area contributed by atoms with Crippen molar-refractivity contribution in [3.8, 4) is 56.3 Å². The van der Waals surface area contributed by atoms with E-state index in [0.29, 0.717) is 17.5 Å². The van der Waals surface area contributed by atoms with E-state index in [4.69, 9.17) is 19.4 Å². The first-order valence-electron chi connectivity index (χ1n) is 19.8. The average molecular weight is 730 g/mol. The smallest absolute Gasteiger partial charge is 0.228 e. The van der Waals surface area contributed by atoms with Crippen molar-refractivity contribution >= 4 is 34.0 Å². The first-order chi connectivity index (χ1) is 28.2. The minimum absolute atomic E-state index is 0.334. The summed E-state index contributed by atoms with van der Waals surface area (Å²) < 4.78 is 6.36. The molecular formula is C53H35N3O. The second-order valence-corrected chi connectivity index (χ2v) is 15.3. The molecule has 4 aliphatic carbocycles. The summed E-state index contributed by atoms with van der Waals surface area (Å²) in [5, 5.41) is 3.38. The van der Waals surface area contributed by atoms with E-state index < -0.39 is 0 Å². The summed E-state index contributed by atoms with van der Waals surface area (Å²) in [5.74, 6) is 2.06. The third-order valence-corrected chi connectivity index (χ3v) is 12.1. The van der Waals surface area contributed by atoms with Crippen molar-refractivity contribution in [2.75, 3.05) is 0 Å². The number of furan rings is 1. The number of benzene rings is 5. The number of allylic oxidation sites excluding steroid dienone is 8. The van der Waals surface area contributed by atoms with Gasteiger partial charge in [0.15, 0.2) is 5.82 Å². The van der Waals surface area contributed by atoms with E-state index in [1.807, 2.05) is 18.2 Å². The van der Waals surface area contributed by atoms with Gasteiger partial charge in [-0.15, -0.1) is 0 Å². The lowest BCUT2D eigenvalue weighted by atomic mass is 9.70. The molecule has 4 heteroatoms. The molecule has 12 rings (SSSR count). The maximum atomic E-state index is 6.36. The van der Waals surface area contributed by atoms with E-state index >= 15 is 0 Å². The summed E-state index contributed by atoms with van der Waals surface area (Å²) in [6.45, 7) is 0. The zero-order chi connectivity index (χ0) is 37.5. The fraction of sp³-hybridized carbons (Fsp3) is 0.0755. The van der Waals surface area contributed by atoms with Crippen LogP contribution in [-0.4, -0.2) is 15.0 Å². The Balaban J connectivity index is 0.923. The van der Waals surface area contributed by atoms with Crippen LogP contribution in [0.2, 0.25) is 0 Å². The van der Waals surface area contributed by atoms with E-state index in [1.54, 1.807) is 0 Å². The van der Waals surface area contributed by atoms with Crippen LogP contribution in [-0.2, 0) is 12.8 Å². The molecule has 57 heavy (non-hydrogen) atoms. The van der Waals surface area contributed by atoms with Gasteiger partial charge in [0.2, 0.25) is 5.71 Å². The molecule has 3 aromatic heterocycles. The number of nitrogens with zero attached hydrogens (tertiary/aromatic N) is 3. The Morgan fingerprint density at radius 3 is 2.12 bits per heavy atom. The molecule has 4 nitrogen and oxygen atoms in total. The summed E-state index contributed by atoms with van der Waals surface area (Å²) in [4.78, 5) is 15.4. The molecule has 0 radical (unpaired) electrons. The number of pyridine rings is 1. The van der Waals surface area contributed by atoms with Crippen molar-refractivity contribution in [1.29, 1.82) is 0 Å². The van der Waals surface area contributed by atoms with Gasteiger partial charge in [-0.05, 0) is 63.3 Å². The first-order valence-corrected chi connectivity index (χ1v) is 19.8. The molecule has 4 aliphatic rings. The minimum Gasteiger partial charge on any atom is -0.442 e. The fourth-order valence-electron chi connectivity index (χ4n) is 9.33. The van der Waals surface area contributed by atoms with Crippen LogP contribution >= 0.6 is 0 Å². The van der Waals surface area contributed by atoms with Crippen LogP contribution in [0.4, 0.5) is 0 Å². The molecule has 0 amide bonds. The molecule has 1 unspecified atom stereocenters. The van der Waals surface area contributed by atoms with Gasteiger partial charge in [-0.25, -0.2) is 15.0 Å². The molecule has 3 heterocycles. The van der Waals surface area contributed by atoms with Crippen molar-refractivity contribution in [2.45, 2.75) is 25.2 Å². The highest BCUT2D eigenvalue weighted by atomic mass is 16.3. The predicted molar refractivity (Wildman–Crippen MR) is 232 cm³/mol. The molecule has 1 atom stereocenters. The highest BCUT2D eigenvalue weighted by molar-refractivity contribution is 6.13. The van der Waals surface area contributed by atoms with Crippen molar-refractivity contribution in [3.63, 3.8) is 0 Å². The summed E-state index contributed by atoms with van der Waals surface area (Å²) in [5.41, 5.74) is 18.1. The molecule has 0 aliphatic heterocycles. The van der Waals surface area contributed by atoms with Crippen LogP contribution < -0.4 is 0 Å². The second-order valence-electron chi connectivity index (χ2n) is 15.3. The fourth-order valence-corrected chi connectivity index (χ4v) is 9.33. The molecule has 0 bridgehead atoms. The predicted octanol–water partition coefficient (Wildman–Crippen LogP) is 13.2. The zero-order valence-electron chi connectivity index (χ0n) is 31.1. The van der Waals surface area contributed by atoms with Crippen LogP contribution in [0.15, 0.2) is 173 Å². The van der Waals surface area contributed by atoms with E-state index in [9.17, 15) is 0 Å². The van der Waals surface area contributed by atoms with Gasteiger partial charge in [-0.3, -0.25) is 0 Å². The first kappa shape index (κ1) is 32.1. The van der Waals surface area contributed by atoms with Crippen molar-refractivity contribution < 1.29 is 4.42 Å². The van der Waals surface area contributed by atoms with Gasteiger partial charge in [0.1, 0.15) is 5.76 Å². The van der Waals surface area contributed by atoms with E-state index in [-0.39, 0.29) is 0 Å². The van der Waals surface area contributed by atoms with Gasteiger partial charge in [0.05, 0.1) is 22.5 Å². The Bertz CT molecular complexity index is 3120. The van der Waals surface area contributed by atoms with Gasteiger partial charge in [-0.2, -0.15) is 0 Å². The lowest BCUT2D eigenvalue weighted by Gasteiger charge is -2.34. The molecule has 0 saturated heterocycles. The summed E-state index contributed by atoms with van der Waals surface area (Å²) in [7, 11) is 0. The highest BCUT2D eigenvalue weighted by Crippen LogP contribution is 2.48. The monoisotopic (exact) mass is 729 g/mol. The summed E-state index contributed by atoms with van der Waals surface area (Å²) in [6.07, 6.45) is 21.0. The quantitative estimate of drug-likeness (QED) is 0.177. The number of hydrogen-bond donors (Lipinski definition) is 0. The van der Waals surface area contributed by atoms with E-state index in [1.165, 1.54) is 49.9 Å². The molecule has 0 fully saturated rings. The number of fused-ring (bicyclic) bond motifs is 5. The van der Waals surface area contributed by atoms with Gasteiger partial charge >= 0.3 is 0 Å². The Hall–Kier alpha value is -7.17. The molecule has 0 spiro atoms. The summed E-state index contributed by atoms with van der Waals surface area (Å²) in [6, 6.07) is 43.0. The van der Waals surface area contributed by atoms with Crippen molar-refractivity contribution in [2.24, 2.45) is 0 Å². The SMILES string of the molecule is C1=CC2=CCc3ccc(-c4ccc(-c5cc(-c6ccc(-c7nc8oc9c(c8c8ccccc78)C=CCC9)cc6)nc(-c6ccccc6)n5)cc4)c4c3C2C(=C1)C=C4. The lowest BCUT2D eigenvalue weighted by Crippen LogP contribution is -2.17. The van der Waals surface area contributed by atoms with Crippen LogP contribution in [0.3, 0.4) is 0 Å². The van der Waals surface area contributed by atoms with Crippen molar-refractivity contribution in [1.82, 2.24) is 15.0 Å². The Kier molecular flexibility index (Phi) is 7.15. The van der Waals surface area contributed by atoms with E-state index in [0.717, 1.165) is 75.1 Å². The molecule has 0 N–H and O–H groups in total. The molecule has 0 saturated carbocycles. The standard InChI is InChI=1S/C53H35N3O/c1-2-9-39(10-3-1)52-54-45(33-19-17-32(18-20-33)40-29-27-37-24-23-35-11-8-12-36-28-30-42(40)49(37)48(35)36)31-46(55-52)34-21-25-38(26-22-34)51-43-14-5-4-13-41(43)50-44-15-6-7-16-47(44)57-53(50)56-51/h1-6,8-15,17-23,25-31,48H,7,16,24H2. The summed E-state index contributed by atoms with van der Waals surface area (Å²) >= 11 is 0. The normalized spacial score (nSPS) is 16.0. The largest absolute Gasteiger partial charge is 0.442 e. The van der Waals surface area contributed by atoms with Crippen molar-refractivity contribution in [3.05, 3.63) is 197 Å². The number of rotatable bonds is 5.